The van der Waals surface area contributed by atoms with Crippen molar-refractivity contribution in [2.45, 2.75) is 27.3 Å². The quantitative estimate of drug-likeness (QED) is 0.543. The van der Waals surface area contributed by atoms with Gasteiger partial charge in [-0.05, 0) is 31.2 Å². The minimum absolute atomic E-state index is 0.0485. The topological polar surface area (TPSA) is 102 Å². The van der Waals surface area contributed by atoms with Crippen molar-refractivity contribution < 1.29 is 14.3 Å². The molecular formula is C24H25ClN4O4. The van der Waals surface area contributed by atoms with Crippen LogP contribution in [0.5, 0.6) is 5.75 Å². The van der Waals surface area contributed by atoms with E-state index in [1.54, 1.807) is 32.0 Å². The molecule has 3 aromatic rings. The van der Waals surface area contributed by atoms with Gasteiger partial charge in [0.15, 0.2) is 0 Å². The van der Waals surface area contributed by atoms with E-state index in [4.69, 9.17) is 16.3 Å². The number of rotatable bonds is 7. The number of nitrogens with zero attached hydrogens (tertiary/aromatic N) is 2. The zero-order valence-corrected chi connectivity index (χ0v) is 19.6. The summed E-state index contributed by atoms with van der Waals surface area (Å²) in [7, 11) is 1.47. The number of methoxy groups -OCH3 is 1. The Balaban J connectivity index is 1.97. The minimum atomic E-state index is -0.590. The molecule has 172 valence electrons. The molecule has 0 saturated carbocycles. The fourth-order valence-corrected chi connectivity index (χ4v) is 3.16. The second-order valence-corrected chi connectivity index (χ2v) is 8.25. The van der Waals surface area contributed by atoms with Crippen molar-refractivity contribution in [2.24, 2.45) is 5.92 Å². The van der Waals surface area contributed by atoms with Crippen molar-refractivity contribution in [1.82, 2.24) is 9.78 Å². The average molecular weight is 469 g/mol. The first-order chi connectivity index (χ1) is 15.7. The molecule has 0 aliphatic carbocycles. The average Bonchev–Trinajstić information content (AvgIpc) is 2.77. The van der Waals surface area contributed by atoms with E-state index in [1.807, 2.05) is 31.2 Å². The van der Waals surface area contributed by atoms with E-state index < -0.39 is 11.5 Å². The second kappa shape index (κ2) is 10.3. The molecule has 3 rings (SSSR count). The van der Waals surface area contributed by atoms with Gasteiger partial charge in [-0.2, -0.15) is 5.10 Å². The van der Waals surface area contributed by atoms with Crippen LogP contribution in [-0.4, -0.2) is 28.7 Å². The molecule has 2 N–H and O–H groups in total. The van der Waals surface area contributed by atoms with Crippen molar-refractivity contribution in [3.63, 3.8) is 0 Å². The molecule has 0 aliphatic heterocycles. The molecule has 0 unspecified atom stereocenters. The molecular weight excluding hydrogens is 444 g/mol. The molecule has 0 spiro atoms. The van der Waals surface area contributed by atoms with Crippen LogP contribution in [0.2, 0.25) is 5.02 Å². The SMILES string of the molecule is COc1ccc(Cl)cc1NC(=O)Cn1nc(-c2ccc(C)cc2)cc(NC(=O)C(C)C)c1=O. The highest BCUT2D eigenvalue weighted by atomic mass is 35.5. The molecule has 0 bridgehead atoms. The van der Waals surface area contributed by atoms with Gasteiger partial charge in [0, 0.05) is 16.5 Å². The number of amides is 2. The van der Waals surface area contributed by atoms with Crippen molar-refractivity contribution in [3.8, 4) is 17.0 Å². The lowest BCUT2D eigenvalue weighted by atomic mass is 10.1. The molecule has 2 aromatic carbocycles. The molecule has 1 heterocycles. The summed E-state index contributed by atoms with van der Waals surface area (Å²) in [5.74, 6) is -0.723. The summed E-state index contributed by atoms with van der Waals surface area (Å²) in [5, 5.41) is 10.1. The first-order valence-corrected chi connectivity index (χ1v) is 10.7. The summed E-state index contributed by atoms with van der Waals surface area (Å²) in [4.78, 5) is 38.0. The molecule has 0 saturated heterocycles. The van der Waals surface area contributed by atoms with Gasteiger partial charge in [0.1, 0.15) is 18.0 Å². The van der Waals surface area contributed by atoms with Gasteiger partial charge in [-0.3, -0.25) is 14.4 Å². The number of benzene rings is 2. The van der Waals surface area contributed by atoms with Gasteiger partial charge in [-0.1, -0.05) is 55.3 Å². The van der Waals surface area contributed by atoms with Crippen molar-refractivity contribution in [3.05, 3.63) is 69.5 Å². The van der Waals surface area contributed by atoms with Crippen LogP contribution in [0.15, 0.2) is 53.3 Å². The van der Waals surface area contributed by atoms with E-state index >= 15 is 0 Å². The number of anilines is 2. The van der Waals surface area contributed by atoms with Gasteiger partial charge in [0.25, 0.3) is 5.56 Å². The molecule has 33 heavy (non-hydrogen) atoms. The third-order valence-electron chi connectivity index (χ3n) is 4.83. The molecule has 1 aromatic heterocycles. The first-order valence-electron chi connectivity index (χ1n) is 10.3. The molecule has 9 heteroatoms. The summed E-state index contributed by atoms with van der Waals surface area (Å²) >= 11 is 6.02. The third kappa shape index (κ3) is 5.98. The molecule has 0 radical (unpaired) electrons. The van der Waals surface area contributed by atoms with Crippen LogP contribution >= 0.6 is 11.6 Å². The van der Waals surface area contributed by atoms with Gasteiger partial charge in [0.05, 0.1) is 18.5 Å². The maximum Gasteiger partial charge on any atom is 0.291 e. The molecule has 0 aliphatic rings. The predicted octanol–water partition coefficient (Wildman–Crippen LogP) is 4.11. The van der Waals surface area contributed by atoms with Crippen LogP contribution in [0, 0.1) is 12.8 Å². The van der Waals surface area contributed by atoms with E-state index in [1.165, 1.54) is 13.2 Å². The van der Waals surface area contributed by atoms with Crippen molar-refractivity contribution in [2.75, 3.05) is 17.7 Å². The highest BCUT2D eigenvalue weighted by Gasteiger charge is 2.17. The van der Waals surface area contributed by atoms with E-state index in [2.05, 4.69) is 15.7 Å². The van der Waals surface area contributed by atoms with Gasteiger partial charge in [0.2, 0.25) is 11.8 Å². The van der Waals surface area contributed by atoms with Crippen LogP contribution in [0.25, 0.3) is 11.3 Å². The summed E-state index contributed by atoms with van der Waals surface area (Å²) in [6, 6.07) is 13.9. The number of ether oxygens (including phenoxy) is 1. The Hall–Kier alpha value is -3.65. The van der Waals surface area contributed by atoms with Crippen LogP contribution in [0.3, 0.4) is 0 Å². The van der Waals surface area contributed by atoms with Gasteiger partial charge < -0.3 is 15.4 Å². The zero-order valence-electron chi connectivity index (χ0n) is 18.8. The largest absolute Gasteiger partial charge is 0.495 e. The van der Waals surface area contributed by atoms with Gasteiger partial charge in [-0.15, -0.1) is 0 Å². The van der Waals surface area contributed by atoms with E-state index in [0.29, 0.717) is 22.2 Å². The zero-order chi connectivity index (χ0) is 24.1. The highest BCUT2D eigenvalue weighted by Crippen LogP contribution is 2.27. The van der Waals surface area contributed by atoms with Crippen LogP contribution in [0.4, 0.5) is 11.4 Å². The Kier molecular flexibility index (Phi) is 7.50. The first kappa shape index (κ1) is 24.0. The third-order valence-corrected chi connectivity index (χ3v) is 5.07. The fraction of sp³-hybridized carbons (Fsp3) is 0.250. The summed E-state index contributed by atoms with van der Waals surface area (Å²) in [5.41, 5.74) is 2.08. The fourth-order valence-electron chi connectivity index (χ4n) is 2.98. The number of hydrogen-bond donors (Lipinski definition) is 2. The summed E-state index contributed by atoms with van der Waals surface area (Å²) in [6.07, 6.45) is 0. The predicted molar refractivity (Wildman–Crippen MR) is 129 cm³/mol. The Labute approximate surface area is 196 Å². The maximum absolute atomic E-state index is 13.0. The number of carbonyl (C=O) groups is 2. The van der Waals surface area contributed by atoms with Crippen LogP contribution < -0.4 is 20.9 Å². The smallest absolute Gasteiger partial charge is 0.291 e. The maximum atomic E-state index is 13.0. The van der Waals surface area contributed by atoms with Gasteiger partial charge in [-0.25, -0.2) is 4.68 Å². The molecule has 0 fully saturated rings. The van der Waals surface area contributed by atoms with E-state index in [-0.39, 0.29) is 24.1 Å². The number of halogens is 1. The van der Waals surface area contributed by atoms with Crippen LogP contribution in [0.1, 0.15) is 19.4 Å². The number of aryl methyl sites for hydroxylation is 1. The Bertz CT molecular complexity index is 1240. The summed E-state index contributed by atoms with van der Waals surface area (Å²) in [6.45, 7) is 5.03. The number of aromatic nitrogens is 2. The standard InChI is InChI=1S/C24H25ClN4O4/c1-14(2)23(31)27-20-12-18(16-7-5-15(3)6-8-16)28-29(24(20)32)13-22(30)26-19-11-17(25)9-10-21(19)33-4/h5-12,14H,13H2,1-4H3,(H,26,30)(H,27,31). The normalized spacial score (nSPS) is 10.7. The van der Waals surface area contributed by atoms with Crippen molar-refractivity contribution in [1.29, 1.82) is 0 Å². The Morgan fingerprint density at radius 2 is 1.76 bits per heavy atom. The summed E-state index contributed by atoms with van der Waals surface area (Å²) < 4.78 is 6.27. The lowest BCUT2D eigenvalue weighted by Gasteiger charge is -2.14. The number of hydrogen-bond acceptors (Lipinski definition) is 5. The van der Waals surface area contributed by atoms with Gasteiger partial charge >= 0.3 is 0 Å². The lowest BCUT2D eigenvalue weighted by molar-refractivity contribution is -0.119. The van der Waals surface area contributed by atoms with Crippen LogP contribution in [-0.2, 0) is 16.1 Å². The Morgan fingerprint density at radius 3 is 2.39 bits per heavy atom. The second-order valence-electron chi connectivity index (χ2n) is 7.81. The minimum Gasteiger partial charge on any atom is -0.495 e. The lowest BCUT2D eigenvalue weighted by Crippen LogP contribution is -2.33. The van der Waals surface area contributed by atoms with E-state index in [0.717, 1.165) is 15.8 Å². The van der Waals surface area contributed by atoms with Crippen molar-refractivity contribution >= 4 is 34.8 Å². The molecule has 2 amide bonds. The number of carbonyl (C=O) groups excluding carboxylic acids is 2. The highest BCUT2D eigenvalue weighted by molar-refractivity contribution is 6.31. The monoisotopic (exact) mass is 468 g/mol. The Morgan fingerprint density at radius 1 is 1.06 bits per heavy atom. The number of nitrogens with one attached hydrogen (secondary N) is 2. The molecule has 8 nitrogen and oxygen atoms in total. The molecule has 0 atom stereocenters. The van der Waals surface area contributed by atoms with E-state index in [9.17, 15) is 14.4 Å².